The summed E-state index contributed by atoms with van der Waals surface area (Å²) in [6, 6.07) is 3.42. The van der Waals surface area contributed by atoms with E-state index in [1.165, 1.54) is 10.4 Å². The number of sulfonamides is 1. The molecule has 0 saturated carbocycles. The van der Waals surface area contributed by atoms with Crippen molar-refractivity contribution in [3.8, 4) is 0 Å². The lowest BCUT2D eigenvalue weighted by atomic mass is 10.2. The third kappa shape index (κ3) is 2.45. The van der Waals surface area contributed by atoms with Gasteiger partial charge in [-0.25, -0.2) is 12.8 Å². The number of nitrogens with zero attached hydrogens (tertiary/aromatic N) is 1. The molecule has 1 saturated heterocycles. The smallest absolute Gasteiger partial charge is 0.244 e. The highest BCUT2D eigenvalue weighted by molar-refractivity contribution is 9.10. The number of hydrogen-bond donors (Lipinski definition) is 1. The van der Waals surface area contributed by atoms with E-state index >= 15 is 0 Å². The first-order valence-corrected chi connectivity index (χ1v) is 7.87. The van der Waals surface area contributed by atoms with Crippen LogP contribution in [0, 0.1) is 5.82 Å². The Bertz CT molecular complexity index is 550. The molecule has 18 heavy (non-hydrogen) atoms. The van der Waals surface area contributed by atoms with Gasteiger partial charge in [0.15, 0.2) is 0 Å². The molecule has 0 aromatic heterocycles. The molecule has 1 heterocycles. The second-order valence-corrected chi connectivity index (χ2v) is 6.94. The lowest BCUT2D eigenvalue weighted by molar-refractivity contribution is 0.393. The van der Waals surface area contributed by atoms with Crippen molar-refractivity contribution in [2.24, 2.45) is 5.73 Å². The van der Waals surface area contributed by atoms with Crippen LogP contribution in [0.1, 0.15) is 12.8 Å². The summed E-state index contributed by atoms with van der Waals surface area (Å²) in [5.41, 5.74) is 5.58. The maximum Gasteiger partial charge on any atom is 0.244 e. The molecule has 0 aliphatic carbocycles. The van der Waals surface area contributed by atoms with Gasteiger partial charge in [-0.3, -0.25) is 0 Å². The van der Waals surface area contributed by atoms with E-state index in [1.807, 2.05) is 0 Å². The van der Waals surface area contributed by atoms with E-state index in [4.69, 9.17) is 5.73 Å². The molecule has 2 rings (SSSR count). The molecule has 0 radical (unpaired) electrons. The number of rotatable bonds is 3. The second-order valence-electron chi connectivity index (χ2n) is 4.22. The summed E-state index contributed by atoms with van der Waals surface area (Å²) in [6.07, 6.45) is 1.58. The van der Waals surface area contributed by atoms with E-state index in [-0.39, 0.29) is 15.4 Å². The summed E-state index contributed by atoms with van der Waals surface area (Å²) in [5, 5.41) is 0. The van der Waals surface area contributed by atoms with Crippen LogP contribution in [0.3, 0.4) is 0 Å². The van der Waals surface area contributed by atoms with Crippen molar-refractivity contribution in [3.05, 3.63) is 28.5 Å². The maximum absolute atomic E-state index is 13.0. The molecular formula is C11H14BrFN2O2S. The first-order valence-electron chi connectivity index (χ1n) is 5.64. The number of hydrogen-bond acceptors (Lipinski definition) is 3. The zero-order valence-corrected chi connectivity index (χ0v) is 12.0. The van der Waals surface area contributed by atoms with E-state index in [1.54, 1.807) is 0 Å². The molecule has 1 aliphatic heterocycles. The Morgan fingerprint density at radius 1 is 1.50 bits per heavy atom. The topological polar surface area (TPSA) is 63.4 Å². The highest BCUT2D eigenvalue weighted by Gasteiger charge is 2.35. The molecular weight excluding hydrogens is 323 g/mol. The fourth-order valence-corrected chi connectivity index (χ4v) is 4.89. The fourth-order valence-electron chi connectivity index (χ4n) is 2.17. The average Bonchev–Trinajstić information content (AvgIpc) is 2.76. The van der Waals surface area contributed by atoms with Crippen molar-refractivity contribution in [2.75, 3.05) is 13.1 Å². The van der Waals surface area contributed by atoms with Crippen LogP contribution in [0.25, 0.3) is 0 Å². The molecule has 4 nitrogen and oxygen atoms in total. The van der Waals surface area contributed by atoms with Crippen molar-refractivity contribution in [1.82, 2.24) is 4.31 Å². The summed E-state index contributed by atoms with van der Waals surface area (Å²) in [6.45, 7) is 0.770. The molecule has 1 aromatic rings. The Kier molecular flexibility index (Phi) is 4.05. The number of nitrogens with two attached hydrogens (primary N) is 1. The Morgan fingerprint density at radius 3 is 2.83 bits per heavy atom. The van der Waals surface area contributed by atoms with Gasteiger partial charge in [0.2, 0.25) is 10.0 Å². The van der Waals surface area contributed by atoms with Gasteiger partial charge in [-0.15, -0.1) is 0 Å². The summed E-state index contributed by atoms with van der Waals surface area (Å²) in [4.78, 5) is 0.0873. The highest BCUT2D eigenvalue weighted by Crippen LogP contribution is 2.30. The van der Waals surface area contributed by atoms with E-state index in [2.05, 4.69) is 15.9 Å². The molecule has 1 atom stereocenters. The monoisotopic (exact) mass is 336 g/mol. The largest absolute Gasteiger partial charge is 0.329 e. The van der Waals surface area contributed by atoms with Crippen LogP contribution < -0.4 is 5.73 Å². The van der Waals surface area contributed by atoms with Crippen molar-refractivity contribution in [1.29, 1.82) is 0 Å². The van der Waals surface area contributed by atoms with Crippen molar-refractivity contribution in [3.63, 3.8) is 0 Å². The zero-order valence-electron chi connectivity index (χ0n) is 9.64. The van der Waals surface area contributed by atoms with E-state index in [0.29, 0.717) is 13.1 Å². The molecule has 0 bridgehead atoms. The zero-order chi connectivity index (χ0) is 13.3. The van der Waals surface area contributed by atoms with Gasteiger partial charge in [-0.1, -0.05) is 0 Å². The lowest BCUT2D eigenvalue weighted by Gasteiger charge is -2.23. The van der Waals surface area contributed by atoms with Crippen LogP contribution >= 0.6 is 15.9 Å². The Hall–Kier alpha value is -0.500. The Morgan fingerprint density at radius 2 is 2.22 bits per heavy atom. The molecule has 7 heteroatoms. The summed E-state index contributed by atoms with van der Waals surface area (Å²) < 4.78 is 39.6. The quantitative estimate of drug-likeness (QED) is 0.913. The average molecular weight is 337 g/mol. The van der Waals surface area contributed by atoms with Gasteiger partial charge in [0, 0.05) is 23.6 Å². The molecule has 0 spiro atoms. The summed E-state index contributed by atoms with van der Waals surface area (Å²) in [5.74, 6) is -0.474. The summed E-state index contributed by atoms with van der Waals surface area (Å²) >= 11 is 3.09. The lowest BCUT2D eigenvalue weighted by Crippen LogP contribution is -2.39. The van der Waals surface area contributed by atoms with Crippen LogP contribution in [-0.4, -0.2) is 31.9 Å². The van der Waals surface area contributed by atoms with E-state index < -0.39 is 15.8 Å². The van der Waals surface area contributed by atoms with Crippen molar-refractivity contribution < 1.29 is 12.8 Å². The van der Waals surface area contributed by atoms with Gasteiger partial charge < -0.3 is 5.73 Å². The molecule has 1 aliphatic rings. The van der Waals surface area contributed by atoms with Crippen molar-refractivity contribution in [2.45, 2.75) is 23.8 Å². The van der Waals surface area contributed by atoms with Crippen LogP contribution in [0.4, 0.5) is 4.39 Å². The minimum absolute atomic E-state index is 0.0873. The van der Waals surface area contributed by atoms with Crippen LogP contribution in [0.15, 0.2) is 27.6 Å². The van der Waals surface area contributed by atoms with Crippen LogP contribution in [-0.2, 0) is 10.0 Å². The normalized spacial score (nSPS) is 21.4. The van der Waals surface area contributed by atoms with Gasteiger partial charge in [0.05, 0.1) is 4.90 Å². The van der Waals surface area contributed by atoms with Crippen molar-refractivity contribution >= 4 is 26.0 Å². The maximum atomic E-state index is 13.0. The third-order valence-electron chi connectivity index (χ3n) is 3.08. The highest BCUT2D eigenvalue weighted by atomic mass is 79.9. The number of benzene rings is 1. The molecule has 1 fully saturated rings. The minimum atomic E-state index is -3.61. The first-order chi connectivity index (χ1) is 8.46. The molecule has 0 unspecified atom stereocenters. The van der Waals surface area contributed by atoms with E-state index in [9.17, 15) is 12.8 Å². The van der Waals surface area contributed by atoms with Crippen LogP contribution in [0.2, 0.25) is 0 Å². The standard InChI is InChI=1S/C11H14BrFN2O2S/c12-10-6-8(13)3-4-11(10)18(16,17)15-5-1-2-9(15)7-14/h3-4,6,9H,1-2,5,7,14H2/t9-/m0/s1. The SMILES string of the molecule is NC[C@@H]1CCCN1S(=O)(=O)c1ccc(F)cc1Br. The summed E-state index contributed by atoms with van der Waals surface area (Å²) in [7, 11) is -3.61. The minimum Gasteiger partial charge on any atom is -0.329 e. The van der Waals surface area contributed by atoms with Gasteiger partial charge in [0.1, 0.15) is 5.82 Å². The van der Waals surface area contributed by atoms with Crippen LogP contribution in [0.5, 0.6) is 0 Å². The van der Waals surface area contributed by atoms with Gasteiger partial charge in [-0.2, -0.15) is 4.31 Å². The van der Waals surface area contributed by atoms with Gasteiger partial charge in [0.25, 0.3) is 0 Å². The predicted octanol–water partition coefficient (Wildman–Crippen LogP) is 1.70. The molecule has 0 amide bonds. The van der Waals surface area contributed by atoms with E-state index in [0.717, 1.165) is 25.0 Å². The Balaban J connectivity index is 2.42. The number of halogens is 2. The fraction of sp³-hybridized carbons (Fsp3) is 0.455. The van der Waals surface area contributed by atoms with Gasteiger partial charge >= 0.3 is 0 Å². The molecule has 2 N–H and O–H groups in total. The Labute approximate surface area is 114 Å². The van der Waals surface area contributed by atoms with Gasteiger partial charge in [-0.05, 0) is 47.0 Å². The first kappa shape index (κ1) is 13.9. The molecule has 1 aromatic carbocycles. The third-order valence-corrected chi connectivity index (χ3v) is 6.00. The molecule has 100 valence electrons. The predicted molar refractivity (Wildman–Crippen MR) is 70.1 cm³/mol. The second kappa shape index (κ2) is 5.24.